The van der Waals surface area contributed by atoms with Crippen LogP contribution in [-0.4, -0.2) is 0 Å². The molecule has 0 N–H and O–H groups in total. The molecule has 0 aliphatic heterocycles. The maximum absolute atomic E-state index is 6.80. The molecule has 0 saturated heterocycles. The summed E-state index contributed by atoms with van der Waals surface area (Å²) in [5, 5.41) is 7.39. The van der Waals surface area contributed by atoms with Crippen molar-refractivity contribution in [1.82, 2.24) is 0 Å². The molecular formula is C50H39NO. The Bertz CT molecular complexity index is 2740. The predicted molar refractivity (Wildman–Crippen MR) is 220 cm³/mol. The van der Waals surface area contributed by atoms with Gasteiger partial charge in [0.15, 0.2) is 5.58 Å². The van der Waals surface area contributed by atoms with Gasteiger partial charge in [-0.25, -0.2) is 0 Å². The van der Waals surface area contributed by atoms with Gasteiger partial charge in [0.05, 0.1) is 17.1 Å². The predicted octanol–water partition coefficient (Wildman–Crippen LogP) is 14.7. The number of fused-ring (bicyclic) bond motifs is 5. The van der Waals surface area contributed by atoms with Crippen LogP contribution in [0.25, 0.3) is 65.7 Å². The summed E-state index contributed by atoms with van der Waals surface area (Å²) in [7, 11) is 0. The molecule has 0 bridgehead atoms. The average Bonchev–Trinajstić information content (AvgIpc) is 3.61. The van der Waals surface area contributed by atoms with E-state index >= 15 is 0 Å². The second kappa shape index (κ2) is 12.9. The van der Waals surface area contributed by atoms with Gasteiger partial charge < -0.3 is 9.32 Å². The molecule has 250 valence electrons. The first-order valence-corrected chi connectivity index (χ1v) is 18.7. The van der Waals surface area contributed by atoms with Crippen molar-refractivity contribution in [3.63, 3.8) is 0 Å². The third-order valence-electron chi connectivity index (χ3n) is 11.3. The van der Waals surface area contributed by atoms with Crippen LogP contribution in [0.4, 0.5) is 17.1 Å². The smallest absolute Gasteiger partial charge is 0.159 e. The van der Waals surface area contributed by atoms with Crippen molar-refractivity contribution in [2.75, 3.05) is 4.90 Å². The minimum absolute atomic E-state index is 0.582. The van der Waals surface area contributed by atoms with E-state index in [2.05, 4.69) is 175 Å². The van der Waals surface area contributed by atoms with Crippen LogP contribution in [0.5, 0.6) is 0 Å². The fraction of sp³-hybridized carbons (Fsp3) is 0.120. The van der Waals surface area contributed by atoms with Gasteiger partial charge in [-0.3, -0.25) is 0 Å². The normalized spacial score (nSPS) is 13.7. The summed E-state index contributed by atoms with van der Waals surface area (Å²) in [6.07, 6.45) is 6.47. The van der Waals surface area contributed by atoms with Crippen molar-refractivity contribution < 1.29 is 4.42 Å². The molecule has 1 fully saturated rings. The fourth-order valence-electron chi connectivity index (χ4n) is 8.90. The molecule has 2 heteroatoms. The molecule has 8 aromatic carbocycles. The molecule has 1 heterocycles. The van der Waals surface area contributed by atoms with E-state index in [-0.39, 0.29) is 0 Å². The van der Waals surface area contributed by atoms with E-state index in [1.165, 1.54) is 81.5 Å². The van der Waals surface area contributed by atoms with Crippen molar-refractivity contribution in [2.45, 2.75) is 38.0 Å². The van der Waals surface area contributed by atoms with Gasteiger partial charge in [0.25, 0.3) is 0 Å². The van der Waals surface area contributed by atoms with Crippen LogP contribution < -0.4 is 4.90 Å². The molecule has 0 unspecified atom stereocenters. The van der Waals surface area contributed by atoms with Crippen LogP contribution in [0, 0.1) is 0 Å². The topological polar surface area (TPSA) is 16.4 Å². The highest BCUT2D eigenvalue weighted by atomic mass is 16.3. The van der Waals surface area contributed by atoms with Gasteiger partial charge in [0.1, 0.15) is 5.58 Å². The monoisotopic (exact) mass is 669 g/mol. The van der Waals surface area contributed by atoms with Crippen molar-refractivity contribution in [3.8, 4) is 22.3 Å². The fourth-order valence-corrected chi connectivity index (χ4v) is 8.90. The summed E-state index contributed by atoms with van der Waals surface area (Å²) in [5.41, 5.74) is 11.4. The Hall–Kier alpha value is -6.12. The lowest BCUT2D eigenvalue weighted by atomic mass is 9.80. The van der Waals surface area contributed by atoms with Gasteiger partial charge in [-0.2, -0.15) is 0 Å². The number of nitrogens with zero attached hydrogens (tertiary/aromatic N) is 1. The zero-order valence-electron chi connectivity index (χ0n) is 29.1. The summed E-state index contributed by atoms with van der Waals surface area (Å²) in [6.45, 7) is 0. The highest BCUT2D eigenvalue weighted by molar-refractivity contribution is 6.12. The van der Waals surface area contributed by atoms with E-state index in [1.807, 2.05) is 0 Å². The van der Waals surface area contributed by atoms with E-state index in [0.29, 0.717) is 5.92 Å². The summed E-state index contributed by atoms with van der Waals surface area (Å²) < 4.78 is 6.80. The van der Waals surface area contributed by atoms with Gasteiger partial charge in [0.2, 0.25) is 0 Å². The quantitative estimate of drug-likeness (QED) is 0.175. The van der Waals surface area contributed by atoms with E-state index in [4.69, 9.17) is 4.42 Å². The zero-order valence-corrected chi connectivity index (χ0v) is 29.1. The number of hydrogen-bond acceptors (Lipinski definition) is 2. The summed E-state index contributed by atoms with van der Waals surface area (Å²) in [6, 6.07) is 61.9. The van der Waals surface area contributed by atoms with Crippen LogP contribution in [0.15, 0.2) is 174 Å². The third kappa shape index (κ3) is 5.09. The van der Waals surface area contributed by atoms with Crippen LogP contribution in [0.2, 0.25) is 0 Å². The Kier molecular flexibility index (Phi) is 7.61. The van der Waals surface area contributed by atoms with Crippen molar-refractivity contribution in [3.05, 3.63) is 175 Å². The number of benzene rings is 8. The zero-order chi connectivity index (χ0) is 34.4. The maximum atomic E-state index is 6.80. The molecule has 0 spiro atoms. The SMILES string of the molecule is c1ccc(N(c2ccccc2-c2cccc3cccc(C4CCCCC4)c23)c2cccc3c2oc2ccccc23)c(-c2cccc3ccccc23)c1. The first-order valence-electron chi connectivity index (χ1n) is 18.7. The molecule has 2 nitrogen and oxygen atoms in total. The van der Waals surface area contributed by atoms with Crippen LogP contribution in [0.1, 0.15) is 43.6 Å². The second-order valence-electron chi connectivity index (χ2n) is 14.2. The molecule has 9 aromatic rings. The molecular weight excluding hydrogens is 631 g/mol. The largest absolute Gasteiger partial charge is 0.454 e. The van der Waals surface area contributed by atoms with E-state index in [1.54, 1.807) is 0 Å². The van der Waals surface area contributed by atoms with E-state index in [0.717, 1.165) is 39.0 Å². The second-order valence-corrected chi connectivity index (χ2v) is 14.2. The van der Waals surface area contributed by atoms with E-state index < -0.39 is 0 Å². The average molecular weight is 670 g/mol. The highest BCUT2D eigenvalue weighted by Gasteiger charge is 2.26. The van der Waals surface area contributed by atoms with Gasteiger partial charge >= 0.3 is 0 Å². The lowest BCUT2D eigenvalue weighted by Crippen LogP contribution is -2.13. The summed E-state index contributed by atoms with van der Waals surface area (Å²) in [5.74, 6) is 0.582. The Morgan fingerprint density at radius 2 is 0.942 bits per heavy atom. The summed E-state index contributed by atoms with van der Waals surface area (Å²) >= 11 is 0. The highest BCUT2D eigenvalue weighted by Crippen LogP contribution is 2.50. The Balaban J connectivity index is 1.28. The molecule has 0 amide bonds. The Morgan fingerprint density at radius 1 is 0.404 bits per heavy atom. The molecule has 52 heavy (non-hydrogen) atoms. The number of hydrogen-bond donors (Lipinski definition) is 0. The molecule has 10 rings (SSSR count). The molecule has 0 radical (unpaired) electrons. The molecule has 1 aromatic heterocycles. The van der Waals surface area contributed by atoms with Crippen LogP contribution in [0.3, 0.4) is 0 Å². The molecule has 0 atom stereocenters. The Labute approximate surface area is 304 Å². The number of furan rings is 1. The number of rotatable bonds is 6. The van der Waals surface area contributed by atoms with Crippen LogP contribution >= 0.6 is 0 Å². The minimum atomic E-state index is 0.582. The van der Waals surface area contributed by atoms with Gasteiger partial charge in [0, 0.05) is 21.9 Å². The standard InChI is InChI=1S/C50H39NO/c1-2-16-35(17-3-1)38-26-13-20-36-21-14-28-43(49(36)38)41-24-7-10-31-46(41)51(47-32-15-29-44-42-25-8-11-33-48(42)52-50(44)47)45-30-9-6-23-40(45)39-27-12-19-34-18-4-5-22-37(34)39/h4-15,18-33,35H,1-3,16-17H2. The van der Waals surface area contributed by atoms with Crippen molar-refractivity contribution in [1.29, 1.82) is 0 Å². The third-order valence-corrected chi connectivity index (χ3v) is 11.3. The first kappa shape index (κ1) is 30.7. The van der Waals surface area contributed by atoms with Crippen molar-refractivity contribution >= 4 is 60.5 Å². The van der Waals surface area contributed by atoms with E-state index in [9.17, 15) is 0 Å². The Morgan fingerprint density at radius 3 is 1.75 bits per heavy atom. The van der Waals surface area contributed by atoms with Crippen LogP contribution in [-0.2, 0) is 0 Å². The van der Waals surface area contributed by atoms with Gasteiger partial charge in [-0.1, -0.05) is 165 Å². The van der Waals surface area contributed by atoms with Gasteiger partial charge in [-0.05, 0) is 81.3 Å². The maximum Gasteiger partial charge on any atom is 0.159 e. The number of para-hydroxylation sites is 4. The molecule has 1 aliphatic carbocycles. The van der Waals surface area contributed by atoms with Gasteiger partial charge in [-0.15, -0.1) is 0 Å². The summed E-state index contributed by atoms with van der Waals surface area (Å²) in [4.78, 5) is 2.46. The molecule has 1 saturated carbocycles. The lowest BCUT2D eigenvalue weighted by Gasteiger charge is -2.31. The minimum Gasteiger partial charge on any atom is -0.454 e. The first-order chi connectivity index (χ1) is 25.8. The van der Waals surface area contributed by atoms with Crippen molar-refractivity contribution in [2.24, 2.45) is 0 Å². The number of anilines is 3. The lowest BCUT2D eigenvalue weighted by molar-refractivity contribution is 0.445. The molecule has 1 aliphatic rings.